The fourth-order valence-corrected chi connectivity index (χ4v) is 3.59. The van der Waals surface area contributed by atoms with Gasteiger partial charge in [-0.3, -0.25) is 9.88 Å². The van der Waals surface area contributed by atoms with Gasteiger partial charge in [-0.25, -0.2) is 0 Å². The van der Waals surface area contributed by atoms with Gasteiger partial charge in [0.25, 0.3) is 0 Å². The highest BCUT2D eigenvalue weighted by Gasteiger charge is 2.10. The zero-order chi connectivity index (χ0) is 18.6. The van der Waals surface area contributed by atoms with E-state index in [2.05, 4.69) is 58.4 Å². The Morgan fingerprint density at radius 2 is 1.78 bits per heavy atom. The van der Waals surface area contributed by atoms with Crippen LogP contribution in [0.4, 0.5) is 0 Å². The van der Waals surface area contributed by atoms with E-state index in [1.165, 1.54) is 36.9 Å². The number of hydrogen-bond donors (Lipinski definition) is 0. The van der Waals surface area contributed by atoms with Crippen molar-refractivity contribution in [2.75, 3.05) is 32.8 Å². The number of rotatable bonds is 10. The predicted octanol–water partition coefficient (Wildman–Crippen LogP) is 4.99. The SMILES string of the molecule is C(CCCc1ccccc1)=C(CCCCN1CCOCC1)c1ccccn1. The Morgan fingerprint density at radius 1 is 0.963 bits per heavy atom. The van der Waals surface area contributed by atoms with Crippen LogP contribution in [0.15, 0.2) is 60.8 Å². The van der Waals surface area contributed by atoms with E-state index >= 15 is 0 Å². The monoisotopic (exact) mass is 364 g/mol. The lowest BCUT2D eigenvalue weighted by Gasteiger charge is -2.26. The molecule has 27 heavy (non-hydrogen) atoms. The second-order valence-corrected chi connectivity index (χ2v) is 7.23. The van der Waals surface area contributed by atoms with Crippen molar-refractivity contribution in [3.05, 3.63) is 72.1 Å². The molecule has 2 heterocycles. The summed E-state index contributed by atoms with van der Waals surface area (Å²) in [5, 5.41) is 0. The van der Waals surface area contributed by atoms with Gasteiger partial charge in [0, 0.05) is 19.3 Å². The van der Waals surface area contributed by atoms with Crippen molar-refractivity contribution in [2.24, 2.45) is 0 Å². The molecule has 0 unspecified atom stereocenters. The third kappa shape index (κ3) is 7.28. The van der Waals surface area contributed by atoms with Crippen LogP contribution in [-0.2, 0) is 11.2 Å². The molecule has 0 saturated carbocycles. The lowest BCUT2D eigenvalue weighted by atomic mass is 10.0. The Morgan fingerprint density at radius 3 is 2.56 bits per heavy atom. The van der Waals surface area contributed by atoms with Crippen molar-refractivity contribution >= 4 is 5.57 Å². The first-order valence-electron chi connectivity index (χ1n) is 10.4. The second kappa shape index (κ2) is 11.7. The van der Waals surface area contributed by atoms with Crippen molar-refractivity contribution in [3.8, 4) is 0 Å². The number of nitrogens with zero attached hydrogens (tertiary/aromatic N) is 2. The van der Waals surface area contributed by atoms with Gasteiger partial charge >= 0.3 is 0 Å². The summed E-state index contributed by atoms with van der Waals surface area (Å²) in [6.07, 6.45) is 11.3. The molecular weight excluding hydrogens is 332 g/mol. The molecule has 3 nitrogen and oxygen atoms in total. The van der Waals surface area contributed by atoms with E-state index in [-0.39, 0.29) is 0 Å². The molecule has 3 heteroatoms. The molecule has 1 aliphatic heterocycles. The Hall–Kier alpha value is -1.97. The summed E-state index contributed by atoms with van der Waals surface area (Å²) in [5.74, 6) is 0. The van der Waals surface area contributed by atoms with Crippen LogP contribution < -0.4 is 0 Å². The first-order valence-corrected chi connectivity index (χ1v) is 10.4. The number of pyridine rings is 1. The summed E-state index contributed by atoms with van der Waals surface area (Å²) >= 11 is 0. The zero-order valence-electron chi connectivity index (χ0n) is 16.4. The average molecular weight is 365 g/mol. The minimum absolute atomic E-state index is 0.889. The van der Waals surface area contributed by atoms with E-state index in [1.54, 1.807) is 0 Å². The Labute approximate surface area is 164 Å². The van der Waals surface area contributed by atoms with Crippen molar-refractivity contribution in [2.45, 2.75) is 38.5 Å². The van der Waals surface area contributed by atoms with Crippen LogP contribution in [0, 0.1) is 0 Å². The van der Waals surface area contributed by atoms with E-state index in [0.717, 1.165) is 51.3 Å². The maximum absolute atomic E-state index is 5.43. The van der Waals surface area contributed by atoms with Gasteiger partial charge < -0.3 is 4.74 Å². The van der Waals surface area contributed by atoms with Gasteiger partial charge in [0.2, 0.25) is 0 Å². The van der Waals surface area contributed by atoms with E-state index in [9.17, 15) is 0 Å². The molecule has 1 saturated heterocycles. The minimum atomic E-state index is 0.889. The number of unbranched alkanes of at least 4 members (excludes halogenated alkanes) is 2. The van der Waals surface area contributed by atoms with Crippen LogP contribution in [0.1, 0.15) is 43.4 Å². The Bertz CT molecular complexity index is 663. The predicted molar refractivity (Wildman–Crippen MR) is 113 cm³/mol. The summed E-state index contributed by atoms with van der Waals surface area (Å²) in [4.78, 5) is 7.11. The fraction of sp³-hybridized carbons (Fsp3) is 0.458. The van der Waals surface area contributed by atoms with Gasteiger partial charge in [0.15, 0.2) is 0 Å². The highest BCUT2D eigenvalue weighted by Crippen LogP contribution is 2.20. The van der Waals surface area contributed by atoms with Gasteiger partial charge in [-0.1, -0.05) is 42.5 Å². The van der Waals surface area contributed by atoms with E-state index in [4.69, 9.17) is 4.74 Å². The van der Waals surface area contributed by atoms with Crippen LogP contribution in [0.3, 0.4) is 0 Å². The lowest BCUT2D eigenvalue weighted by Crippen LogP contribution is -2.36. The zero-order valence-corrected chi connectivity index (χ0v) is 16.4. The van der Waals surface area contributed by atoms with Crippen LogP contribution in [-0.4, -0.2) is 42.7 Å². The van der Waals surface area contributed by atoms with Crippen LogP contribution in [0.5, 0.6) is 0 Å². The van der Waals surface area contributed by atoms with Gasteiger partial charge in [-0.15, -0.1) is 0 Å². The largest absolute Gasteiger partial charge is 0.379 e. The van der Waals surface area contributed by atoms with Crippen molar-refractivity contribution < 1.29 is 4.74 Å². The number of aromatic nitrogens is 1. The molecule has 1 fully saturated rings. The van der Waals surface area contributed by atoms with Gasteiger partial charge in [-0.2, -0.15) is 0 Å². The molecular formula is C24H32N2O. The fourth-order valence-electron chi connectivity index (χ4n) is 3.59. The number of ether oxygens (including phenoxy) is 1. The van der Waals surface area contributed by atoms with Crippen LogP contribution in [0.2, 0.25) is 0 Å². The Balaban J connectivity index is 1.46. The summed E-state index contributed by atoms with van der Waals surface area (Å²) in [5.41, 5.74) is 3.98. The standard InChI is InChI=1S/C24H32N2O/c1-2-10-22(11-3-1)12-4-5-13-23(24-15-6-8-16-25-24)14-7-9-17-26-18-20-27-21-19-26/h1-3,6,8,10-11,13,15-16H,4-5,7,9,12,14,17-21H2. The maximum Gasteiger partial charge on any atom is 0.0658 e. The van der Waals surface area contributed by atoms with E-state index in [1.807, 2.05) is 12.3 Å². The third-order valence-electron chi connectivity index (χ3n) is 5.17. The lowest BCUT2D eigenvalue weighted by molar-refractivity contribution is 0.0372. The molecule has 1 aromatic carbocycles. The summed E-state index contributed by atoms with van der Waals surface area (Å²) in [6.45, 7) is 5.14. The smallest absolute Gasteiger partial charge is 0.0658 e. The molecule has 0 N–H and O–H groups in total. The van der Waals surface area contributed by atoms with E-state index < -0.39 is 0 Å². The average Bonchev–Trinajstić information content (AvgIpc) is 2.75. The third-order valence-corrected chi connectivity index (χ3v) is 5.17. The molecule has 3 rings (SSSR count). The second-order valence-electron chi connectivity index (χ2n) is 7.23. The molecule has 0 aliphatic carbocycles. The maximum atomic E-state index is 5.43. The minimum Gasteiger partial charge on any atom is -0.379 e. The molecule has 144 valence electrons. The van der Waals surface area contributed by atoms with Crippen molar-refractivity contribution in [1.82, 2.24) is 9.88 Å². The van der Waals surface area contributed by atoms with Crippen LogP contribution >= 0.6 is 0 Å². The van der Waals surface area contributed by atoms with Crippen molar-refractivity contribution in [1.29, 1.82) is 0 Å². The van der Waals surface area contributed by atoms with Gasteiger partial charge in [0.1, 0.15) is 0 Å². The summed E-state index contributed by atoms with van der Waals surface area (Å²) in [7, 11) is 0. The van der Waals surface area contributed by atoms with E-state index in [0.29, 0.717) is 0 Å². The van der Waals surface area contributed by atoms with Gasteiger partial charge in [-0.05, 0) is 68.3 Å². The number of benzene rings is 1. The molecule has 1 aliphatic rings. The van der Waals surface area contributed by atoms with Crippen LogP contribution in [0.25, 0.3) is 5.57 Å². The first-order chi connectivity index (χ1) is 13.4. The molecule has 0 radical (unpaired) electrons. The summed E-state index contributed by atoms with van der Waals surface area (Å²) in [6, 6.07) is 17.0. The highest BCUT2D eigenvalue weighted by molar-refractivity contribution is 5.62. The first kappa shape index (κ1) is 19.8. The number of morpholine rings is 1. The number of aryl methyl sites for hydroxylation is 1. The normalized spacial score (nSPS) is 15.8. The van der Waals surface area contributed by atoms with Crippen molar-refractivity contribution in [3.63, 3.8) is 0 Å². The quantitative estimate of drug-likeness (QED) is 0.555. The molecule has 0 bridgehead atoms. The molecule has 0 amide bonds. The molecule has 0 spiro atoms. The van der Waals surface area contributed by atoms with Gasteiger partial charge in [0.05, 0.1) is 18.9 Å². The molecule has 1 aromatic heterocycles. The summed E-state index contributed by atoms with van der Waals surface area (Å²) < 4.78 is 5.43. The molecule has 2 aromatic rings. The highest BCUT2D eigenvalue weighted by atomic mass is 16.5. The molecule has 0 atom stereocenters. The Kier molecular flexibility index (Phi) is 8.56. The number of allylic oxidation sites excluding steroid dienone is 2. The topological polar surface area (TPSA) is 25.4 Å². The number of hydrogen-bond acceptors (Lipinski definition) is 3.